The number of likely N-dealkylation sites (N-methyl/N-ethyl adjacent to an activating group) is 1. The number of nitrogen functional groups attached to an aromatic ring is 1. The minimum Gasteiger partial charge on any atom is -0.382 e. The van der Waals surface area contributed by atoms with Crippen LogP contribution in [0.5, 0.6) is 0 Å². The lowest BCUT2D eigenvalue weighted by molar-refractivity contribution is 0.312. The summed E-state index contributed by atoms with van der Waals surface area (Å²) in [4.78, 5) is 13.2. The zero-order valence-corrected chi connectivity index (χ0v) is 10.7. The first-order valence-electron chi connectivity index (χ1n) is 6.03. The fourth-order valence-corrected chi connectivity index (χ4v) is 2.36. The van der Waals surface area contributed by atoms with E-state index >= 15 is 0 Å². The van der Waals surface area contributed by atoms with Crippen molar-refractivity contribution in [3.05, 3.63) is 6.33 Å². The number of anilines is 2. The summed E-state index contributed by atoms with van der Waals surface area (Å²) in [6.45, 7) is 3.98. The second-order valence-electron chi connectivity index (χ2n) is 4.70. The lowest BCUT2D eigenvalue weighted by Gasteiger charge is -2.33. The first kappa shape index (κ1) is 11.2. The van der Waals surface area contributed by atoms with Crippen molar-refractivity contribution < 1.29 is 0 Å². The van der Waals surface area contributed by atoms with Crippen LogP contribution in [0.2, 0.25) is 0 Å². The van der Waals surface area contributed by atoms with Crippen molar-refractivity contribution in [3.8, 4) is 0 Å². The van der Waals surface area contributed by atoms with E-state index in [1.54, 1.807) is 11.0 Å². The molecular weight excluding hydrogens is 230 g/mol. The summed E-state index contributed by atoms with van der Waals surface area (Å²) in [5.74, 6) is 1.40. The van der Waals surface area contributed by atoms with Gasteiger partial charge in [-0.15, -0.1) is 0 Å². The van der Waals surface area contributed by atoms with Crippen LogP contribution >= 0.6 is 0 Å². The van der Waals surface area contributed by atoms with Gasteiger partial charge in [-0.05, 0) is 7.05 Å². The standard InChI is InChI=1S/C11H17N7/c1-16-3-5-18(6-4-16)11-8-9(12)15-17(2)10(8)13-7-14-11/h7H,3-6H2,1-2H3,(H2,12,15). The smallest absolute Gasteiger partial charge is 0.165 e. The van der Waals surface area contributed by atoms with E-state index in [1.165, 1.54) is 0 Å². The molecule has 3 heterocycles. The molecule has 7 nitrogen and oxygen atoms in total. The van der Waals surface area contributed by atoms with E-state index in [9.17, 15) is 0 Å². The summed E-state index contributed by atoms with van der Waals surface area (Å²) in [6, 6.07) is 0. The Balaban J connectivity index is 2.06. The number of nitrogens with two attached hydrogens (primary N) is 1. The summed E-state index contributed by atoms with van der Waals surface area (Å²) in [5.41, 5.74) is 6.75. The van der Waals surface area contributed by atoms with Gasteiger partial charge in [0.05, 0.1) is 0 Å². The Morgan fingerprint density at radius 2 is 1.83 bits per heavy atom. The predicted octanol–water partition coefficient (Wildman–Crippen LogP) is -0.303. The minimum atomic E-state index is 0.502. The summed E-state index contributed by atoms with van der Waals surface area (Å²) in [7, 11) is 3.98. The van der Waals surface area contributed by atoms with Crippen LogP contribution in [-0.2, 0) is 7.05 Å². The van der Waals surface area contributed by atoms with E-state index < -0.39 is 0 Å². The monoisotopic (exact) mass is 247 g/mol. The van der Waals surface area contributed by atoms with Crippen LogP contribution in [0, 0.1) is 0 Å². The highest BCUT2D eigenvalue weighted by Gasteiger charge is 2.21. The molecule has 0 aromatic carbocycles. The number of aromatic nitrogens is 4. The molecule has 3 rings (SSSR count). The second kappa shape index (κ2) is 4.09. The van der Waals surface area contributed by atoms with E-state index in [-0.39, 0.29) is 0 Å². The molecule has 0 unspecified atom stereocenters. The predicted molar refractivity (Wildman–Crippen MR) is 70.4 cm³/mol. The third-order valence-corrected chi connectivity index (χ3v) is 3.43. The Bertz CT molecular complexity index is 568. The van der Waals surface area contributed by atoms with E-state index in [2.05, 4.69) is 31.9 Å². The fourth-order valence-electron chi connectivity index (χ4n) is 2.36. The van der Waals surface area contributed by atoms with E-state index in [0.29, 0.717) is 5.82 Å². The van der Waals surface area contributed by atoms with Crippen LogP contribution < -0.4 is 10.6 Å². The van der Waals surface area contributed by atoms with Gasteiger partial charge in [0.15, 0.2) is 11.5 Å². The molecule has 0 radical (unpaired) electrons. The molecule has 0 amide bonds. The lowest BCUT2D eigenvalue weighted by atomic mass is 10.3. The van der Waals surface area contributed by atoms with Gasteiger partial charge in [0.2, 0.25) is 0 Å². The Kier molecular flexibility index (Phi) is 2.55. The normalized spacial score (nSPS) is 17.6. The van der Waals surface area contributed by atoms with Gasteiger partial charge in [0.25, 0.3) is 0 Å². The molecule has 18 heavy (non-hydrogen) atoms. The van der Waals surface area contributed by atoms with E-state index in [1.807, 2.05) is 7.05 Å². The Morgan fingerprint density at radius 1 is 1.11 bits per heavy atom. The van der Waals surface area contributed by atoms with Gasteiger partial charge in [-0.2, -0.15) is 5.10 Å². The van der Waals surface area contributed by atoms with Crippen molar-refractivity contribution in [1.29, 1.82) is 0 Å². The van der Waals surface area contributed by atoms with Crippen molar-refractivity contribution in [2.45, 2.75) is 0 Å². The third kappa shape index (κ3) is 1.67. The summed E-state index contributed by atoms with van der Waals surface area (Å²) >= 11 is 0. The largest absolute Gasteiger partial charge is 0.382 e. The van der Waals surface area contributed by atoms with Crippen LogP contribution in [-0.4, -0.2) is 57.9 Å². The van der Waals surface area contributed by atoms with Crippen molar-refractivity contribution >= 4 is 22.7 Å². The third-order valence-electron chi connectivity index (χ3n) is 3.43. The Morgan fingerprint density at radius 3 is 2.56 bits per heavy atom. The fraction of sp³-hybridized carbons (Fsp3) is 0.545. The van der Waals surface area contributed by atoms with Crippen LogP contribution in [0.4, 0.5) is 11.6 Å². The van der Waals surface area contributed by atoms with E-state index in [0.717, 1.165) is 43.0 Å². The summed E-state index contributed by atoms with van der Waals surface area (Å²) in [6.07, 6.45) is 1.58. The van der Waals surface area contributed by atoms with Crippen molar-refractivity contribution in [2.75, 3.05) is 43.9 Å². The van der Waals surface area contributed by atoms with Crippen molar-refractivity contribution in [3.63, 3.8) is 0 Å². The number of hydrogen-bond donors (Lipinski definition) is 1. The highest BCUT2D eigenvalue weighted by atomic mass is 15.3. The average Bonchev–Trinajstić information content (AvgIpc) is 2.66. The van der Waals surface area contributed by atoms with Gasteiger partial charge in [-0.3, -0.25) is 0 Å². The Labute approximate surface area is 105 Å². The lowest BCUT2D eigenvalue weighted by Crippen LogP contribution is -2.44. The molecule has 0 bridgehead atoms. The van der Waals surface area contributed by atoms with Crippen LogP contribution in [0.3, 0.4) is 0 Å². The second-order valence-corrected chi connectivity index (χ2v) is 4.70. The highest BCUT2D eigenvalue weighted by Crippen LogP contribution is 2.27. The van der Waals surface area contributed by atoms with Gasteiger partial charge < -0.3 is 15.5 Å². The SMILES string of the molecule is CN1CCN(c2ncnc3c2c(N)nn3C)CC1. The number of fused-ring (bicyclic) bond motifs is 1. The average molecular weight is 247 g/mol. The van der Waals surface area contributed by atoms with Gasteiger partial charge in [-0.1, -0.05) is 0 Å². The maximum absolute atomic E-state index is 5.96. The molecule has 0 saturated carbocycles. The maximum atomic E-state index is 5.96. The molecule has 96 valence electrons. The quantitative estimate of drug-likeness (QED) is 0.745. The van der Waals surface area contributed by atoms with Gasteiger partial charge in [0, 0.05) is 33.2 Å². The van der Waals surface area contributed by atoms with Crippen molar-refractivity contribution in [1.82, 2.24) is 24.6 Å². The van der Waals surface area contributed by atoms with Gasteiger partial charge in [0.1, 0.15) is 17.5 Å². The molecule has 1 saturated heterocycles. The van der Waals surface area contributed by atoms with Crippen molar-refractivity contribution in [2.24, 2.45) is 7.05 Å². The Hall–Kier alpha value is -1.89. The number of nitrogens with zero attached hydrogens (tertiary/aromatic N) is 6. The molecule has 2 aromatic heterocycles. The molecule has 1 aliphatic heterocycles. The molecule has 7 heteroatoms. The molecule has 1 aliphatic rings. The number of aryl methyl sites for hydroxylation is 1. The summed E-state index contributed by atoms with van der Waals surface area (Å²) in [5, 5.41) is 5.08. The molecule has 0 aliphatic carbocycles. The topological polar surface area (TPSA) is 76.1 Å². The first-order valence-corrected chi connectivity index (χ1v) is 6.03. The molecule has 2 aromatic rings. The zero-order valence-electron chi connectivity index (χ0n) is 10.7. The number of hydrogen-bond acceptors (Lipinski definition) is 6. The van der Waals surface area contributed by atoms with Gasteiger partial charge >= 0.3 is 0 Å². The maximum Gasteiger partial charge on any atom is 0.165 e. The number of rotatable bonds is 1. The molecular formula is C11H17N7. The molecule has 2 N–H and O–H groups in total. The molecule has 0 spiro atoms. The highest BCUT2D eigenvalue weighted by molar-refractivity contribution is 5.96. The van der Waals surface area contributed by atoms with Crippen LogP contribution in [0.1, 0.15) is 0 Å². The zero-order chi connectivity index (χ0) is 12.7. The number of piperazine rings is 1. The minimum absolute atomic E-state index is 0.502. The summed E-state index contributed by atoms with van der Waals surface area (Å²) < 4.78 is 1.70. The van der Waals surface area contributed by atoms with E-state index in [4.69, 9.17) is 5.73 Å². The first-order chi connectivity index (χ1) is 8.66. The van der Waals surface area contributed by atoms with Crippen LogP contribution in [0.25, 0.3) is 11.0 Å². The molecule has 0 atom stereocenters. The van der Waals surface area contributed by atoms with Crippen LogP contribution in [0.15, 0.2) is 6.33 Å². The van der Waals surface area contributed by atoms with Gasteiger partial charge in [-0.25, -0.2) is 14.6 Å². The molecule has 1 fully saturated rings.